The van der Waals surface area contributed by atoms with Crippen LogP contribution in [0.5, 0.6) is 0 Å². The lowest BCUT2D eigenvalue weighted by Crippen LogP contribution is -2.08. The Morgan fingerprint density at radius 3 is 2.50 bits per heavy atom. The molecule has 1 aliphatic rings. The lowest BCUT2D eigenvalue weighted by molar-refractivity contribution is -0.389. The molecule has 1 fully saturated rings. The highest BCUT2D eigenvalue weighted by Crippen LogP contribution is 2.30. The topological polar surface area (TPSA) is 61.0 Å². The van der Waals surface area contributed by atoms with Crippen LogP contribution in [-0.4, -0.2) is 14.7 Å². The van der Waals surface area contributed by atoms with Crippen LogP contribution in [0.2, 0.25) is 5.02 Å². The minimum atomic E-state index is -0.532. The first-order valence-corrected chi connectivity index (χ1v) is 5.95. The van der Waals surface area contributed by atoms with E-state index >= 15 is 0 Å². The van der Waals surface area contributed by atoms with Crippen LogP contribution in [-0.2, 0) is 0 Å². The van der Waals surface area contributed by atoms with Crippen LogP contribution < -0.4 is 0 Å². The van der Waals surface area contributed by atoms with E-state index < -0.39 is 4.92 Å². The lowest BCUT2D eigenvalue weighted by Gasteiger charge is -2.09. The van der Waals surface area contributed by atoms with E-state index in [1.807, 2.05) is 0 Å². The van der Waals surface area contributed by atoms with E-state index in [9.17, 15) is 10.1 Å². The van der Waals surface area contributed by atoms with Gasteiger partial charge in [0, 0.05) is 0 Å². The molecule has 0 aromatic carbocycles. The van der Waals surface area contributed by atoms with Gasteiger partial charge in [-0.1, -0.05) is 37.3 Å². The van der Waals surface area contributed by atoms with Gasteiger partial charge >= 0.3 is 5.82 Å². The van der Waals surface area contributed by atoms with Crippen molar-refractivity contribution in [3.8, 4) is 0 Å². The Labute approximate surface area is 98.5 Å². The zero-order chi connectivity index (χ0) is 11.5. The van der Waals surface area contributed by atoms with E-state index in [-0.39, 0.29) is 16.9 Å². The minimum absolute atomic E-state index is 0.134. The molecule has 0 unspecified atom stereocenters. The molecule has 2 rings (SSSR count). The number of nitrogens with zero attached hydrogens (tertiary/aromatic N) is 3. The van der Waals surface area contributed by atoms with E-state index in [4.69, 9.17) is 11.6 Å². The zero-order valence-corrected chi connectivity index (χ0v) is 9.69. The molecule has 0 radical (unpaired) electrons. The lowest BCUT2D eigenvalue weighted by atomic mass is 10.1. The van der Waals surface area contributed by atoms with Crippen LogP contribution in [0.3, 0.4) is 0 Å². The van der Waals surface area contributed by atoms with Crippen molar-refractivity contribution < 1.29 is 4.92 Å². The Kier molecular flexibility index (Phi) is 3.43. The van der Waals surface area contributed by atoms with Gasteiger partial charge in [-0.15, -0.1) is 0 Å². The van der Waals surface area contributed by atoms with E-state index in [0.717, 1.165) is 25.7 Å². The summed E-state index contributed by atoms with van der Waals surface area (Å²) >= 11 is 5.77. The van der Waals surface area contributed by atoms with Gasteiger partial charge in [-0.3, -0.25) is 0 Å². The maximum atomic E-state index is 10.6. The summed E-state index contributed by atoms with van der Waals surface area (Å²) in [5.41, 5.74) is 0. The Hall–Kier alpha value is -1.10. The normalized spacial score (nSPS) is 18.3. The number of aromatic nitrogens is 2. The van der Waals surface area contributed by atoms with Gasteiger partial charge in [0.05, 0.1) is 17.3 Å². The highest BCUT2D eigenvalue weighted by molar-refractivity contribution is 6.32. The average Bonchev–Trinajstić information content (AvgIpc) is 2.50. The number of nitro groups is 1. The average molecular weight is 244 g/mol. The quantitative estimate of drug-likeness (QED) is 0.455. The van der Waals surface area contributed by atoms with Crippen molar-refractivity contribution in [1.29, 1.82) is 0 Å². The summed E-state index contributed by atoms with van der Waals surface area (Å²) in [7, 11) is 0. The SMILES string of the molecule is O=[N+]([O-])c1nn(C2CCCCCC2)cc1Cl. The Morgan fingerprint density at radius 2 is 2.00 bits per heavy atom. The summed E-state index contributed by atoms with van der Waals surface area (Å²) in [5, 5.41) is 14.7. The summed E-state index contributed by atoms with van der Waals surface area (Å²) in [5.74, 6) is -0.231. The van der Waals surface area contributed by atoms with Crippen molar-refractivity contribution in [2.45, 2.75) is 44.6 Å². The molecule has 0 spiro atoms. The molecule has 0 atom stereocenters. The Bertz CT molecular complexity index is 383. The summed E-state index contributed by atoms with van der Waals surface area (Å²) in [6, 6.07) is 0.272. The van der Waals surface area contributed by atoms with E-state index in [0.29, 0.717) is 0 Å². The van der Waals surface area contributed by atoms with Crippen molar-refractivity contribution in [3.63, 3.8) is 0 Å². The monoisotopic (exact) mass is 243 g/mol. The van der Waals surface area contributed by atoms with Crippen LogP contribution in [0.1, 0.15) is 44.6 Å². The molecule has 1 aromatic heterocycles. The number of halogens is 1. The molecule has 0 saturated heterocycles. The summed E-state index contributed by atoms with van der Waals surface area (Å²) in [6.07, 6.45) is 8.47. The molecule has 0 N–H and O–H groups in total. The van der Waals surface area contributed by atoms with Gasteiger partial charge in [0.15, 0.2) is 5.02 Å². The number of rotatable bonds is 2. The molecule has 16 heavy (non-hydrogen) atoms. The summed E-state index contributed by atoms with van der Waals surface area (Å²) in [6.45, 7) is 0. The maximum absolute atomic E-state index is 10.6. The van der Waals surface area contributed by atoms with Gasteiger partial charge < -0.3 is 10.1 Å². The van der Waals surface area contributed by atoms with E-state index in [2.05, 4.69) is 5.10 Å². The van der Waals surface area contributed by atoms with Crippen molar-refractivity contribution in [2.75, 3.05) is 0 Å². The number of hydrogen-bond donors (Lipinski definition) is 0. The van der Waals surface area contributed by atoms with Crippen LogP contribution in [0.25, 0.3) is 0 Å². The first kappa shape index (κ1) is 11.4. The van der Waals surface area contributed by atoms with Gasteiger partial charge in [-0.25, -0.2) is 0 Å². The molecule has 0 bridgehead atoms. The smallest absolute Gasteiger partial charge is 0.358 e. The highest BCUT2D eigenvalue weighted by Gasteiger charge is 2.24. The van der Waals surface area contributed by atoms with Gasteiger partial charge in [-0.2, -0.15) is 4.68 Å². The molecule has 0 aliphatic heterocycles. The molecule has 1 aliphatic carbocycles. The molecule has 0 amide bonds. The highest BCUT2D eigenvalue weighted by atomic mass is 35.5. The molecule has 6 heteroatoms. The maximum Gasteiger partial charge on any atom is 0.408 e. The Balaban J connectivity index is 2.19. The van der Waals surface area contributed by atoms with Crippen LogP contribution >= 0.6 is 11.6 Å². The molecule has 5 nitrogen and oxygen atoms in total. The van der Waals surface area contributed by atoms with Crippen LogP contribution in [0.15, 0.2) is 6.20 Å². The summed E-state index contributed by atoms with van der Waals surface area (Å²) in [4.78, 5) is 10.1. The van der Waals surface area contributed by atoms with Crippen molar-refractivity contribution >= 4 is 17.4 Å². The van der Waals surface area contributed by atoms with Crippen LogP contribution in [0.4, 0.5) is 5.82 Å². The number of hydrogen-bond acceptors (Lipinski definition) is 3. The van der Waals surface area contributed by atoms with Gasteiger partial charge in [-0.05, 0) is 17.8 Å². The third-order valence-electron chi connectivity index (χ3n) is 3.04. The van der Waals surface area contributed by atoms with E-state index in [1.165, 1.54) is 12.8 Å². The first-order chi connectivity index (χ1) is 7.68. The van der Waals surface area contributed by atoms with Crippen molar-refractivity contribution in [3.05, 3.63) is 21.3 Å². The Morgan fingerprint density at radius 1 is 1.38 bits per heavy atom. The van der Waals surface area contributed by atoms with Gasteiger partial charge in [0.25, 0.3) is 0 Å². The molecule has 1 saturated carbocycles. The van der Waals surface area contributed by atoms with Gasteiger partial charge in [0.1, 0.15) is 0 Å². The second-order valence-electron chi connectivity index (χ2n) is 4.18. The molecule has 1 aromatic rings. The first-order valence-electron chi connectivity index (χ1n) is 5.57. The predicted molar refractivity (Wildman–Crippen MR) is 60.6 cm³/mol. The largest absolute Gasteiger partial charge is 0.408 e. The molecule has 88 valence electrons. The fourth-order valence-electron chi connectivity index (χ4n) is 2.19. The van der Waals surface area contributed by atoms with E-state index in [1.54, 1.807) is 10.9 Å². The molecule has 1 heterocycles. The zero-order valence-electron chi connectivity index (χ0n) is 8.93. The minimum Gasteiger partial charge on any atom is -0.358 e. The summed E-state index contributed by atoms with van der Waals surface area (Å²) < 4.78 is 1.67. The standard InChI is InChI=1S/C10H14ClN3O2/c11-9-7-13(12-10(9)14(15)16)8-5-3-1-2-4-6-8/h7-8H,1-6H2. The van der Waals surface area contributed by atoms with Gasteiger partial charge in [0.2, 0.25) is 0 Å². The molecular weight excluding hydrogens is 230 g/mol. The second kappa shape index (κ2) is 4.82. The predicted octanol–water partition coefficient (Wildman–Crippen LogP) is 3.34. The fraction of sp³-hybridized carbons (Fsp3) is 0.700. The van der Waals surface area contributed by atoms with Crippen molar-refractivity contribution in [1.82, 2.24) is 9.78 Å². The van der Waals surface area contributed by atoms with Crippen LogP contribution in [0, 0.1) is 10.1 Å². The third kappa shape index (κ3) is 2.35. The third-order valence-corrected chi connectivity index (χ3v) is 3.31. The second-order valence-corrected chi connectivity index (χ2v) is 4.59. The van der Waals surface area contributed by atoms with Crippen molar-refractivity contribution in [2.24, 2.45) is 0 Å². The molecular formula is C10H14ClN3O2. The fourth-order valence-corrected chi connectivity index (χ4v) is 2.40.